The number of ketones is 1. The van der Waals surface area contributed by atoms with Gasteiger partial charge in [0, 0.05) is 6.42 Å². The van der Waals surface area contributed by atoms with Crippen LogP contribution in [0.25, 0.3) is 0 Å². The second-order valence-electron chi connectivity index (χ2n) is 6.32. The molecule has 0 aromatic heterocycles. The molecule has 3 atom stereocenters. The van der Waals surface area contributed by atoms with Gasteiger partial charge < -0.3 is 15.6 Å². The zero-order valence-electron chi connectivity index (χ0n) is 13.8. The van der Waals surface area contributed by atoms with E-state index in [1.54, 1.807) is 0 Å². The number of esters is 1. The van der Waals surface area contributed by atoms with E-state index in [-0.39, 0.29) is 18.2 Å². The highest BCUT2D eigenvalue weighted by atomic mass is 16.5. The Morgan fingerprint density at radius 3 is 2.50 bits per heavy atom. The summed E-state index contributed by atoms with van der Waals surface area (Å²) in [5.41, 5.74) is 5.82. The van der Waals surface area contributed by atoms with E-state index in [2.05, 4.69) is 6.92 Å². The lowest BCUT2D eigenvalue weighted by Gasteiger charge is -2.16. The lowest BCUT2D eigenvalue weighted by molar-refractivity contribution is -0.143. The number of hydrogen-bond donors (Lipinski definition) is 2. The van der Waals surface area contributed by atoms with Crippen LogP contribution in [-0.4, -0.2) is 35.6 Å². The molecule has 0 saturated carbocycles. The smallest absolute Gasteiger partial charge is 0.311 e. The molecule has 5 nitrogen and oxygen atoms in total. The lowest BCUT2D eigenvalue weighted by atomic mass is 9.92. The Labute approximate surface area is 133 Å². The monoisotopic (exact) mass is 313 g/mol. The van der Waals surface area contributed by atoms with Crippen molar-refractivity contribution in [3.63, 3.8) is 0 Å². The fraction of sp³-hybridized carbons (Fsp3) is 0.882. The molecule has 128 valence electrons. The molecular weight excluding hydrogens is 282 g/mol. The van der Waals surface area contributed by atoms with Crippen LogP contribution in [0.2, 0.25) is 0 Å². The van der Waals surface area contributed by atoms with Gasteiger partial charge >= 0.3 is 5.97 Å². The van der Waals surface area contributed by atoms with Gasteiger partial charge in [0.2, 0.25) is 0 Å². The van der Waals surface area contributed by atoms with Crippen LogP contribution in [0.1, 0.15) is 71.1 Å². The molecule has 22 heavy (non-hydrogen) atoms. The summed E-state index contributed by atoms with van der Waals surface area (Å²) in [6, 6.07) is -0.835. The quantitative estimate of drug-likeness (QED) is 0.426. The van der Waals surface area contributed by atoms with Gasteiger partial charge in [-0.15, -0.1) is 0 Å². The van der Waals surface area contributed by atoms with Crippen LogP contribution in [0.4, 0.5) is 0 Å². The summed E-state index contributed by atoms with van der Waals surface area (Å²) in [7, 11) is 0. The number of Topliss-reactive ketones (excluding diaryl/α,β-unsaturated/α-hetero) is 1. The van der Waals surface area contributed by atoms with Crippen LogP contribution < -0.4 is 5.73 Å². The minimum Gasteiger partial charge on any atom is -0.465 e. The highest BCUT2D eigenvalue weighted by Crippen LogP contribution is 2.19. The zero-order chi connectivity index (χ0) is 16.4. The Hall–Kier alpha value is -0.940. The molecule has 0 aliphatic carbocycles. The van der Waals surface area contributed by atoms with E-state index < -0.39 is 18.1 Å². The number of cyclic esters (lactones) is 1. The van der Waals surface area contributed by atoms with E-state index >= 15 is 0 Å². The van der Waals surface area contributed by atoms with Gasteiger partial charge in [-0.25, -0.2) is 0 Å². The lowest BCUT2D eigenvalue weighted by Crippen LogP contribution is -2.41. The van der Waals surface area contributed by atoms with Crippen molar-refractivity contribution in [1.82, 2.24) is 0 Å². The molecule has 1 aliphatic heterocycles. The number of rotatable bonds is 12. The molecule has 0 aromatic carbocycles. The Kier molecular flexibility index (Phi) is 9.32. The normalized spacial score (nSPS) is 20.7. The van der Waals surface area contributed by atoms with Gasteiger partial charge in [0.15, 0.2) is 5.78 Å². The van der Waals surface area contributed by atoms with E-state index in [9.17, 15) is 14.7 Å². The van der Waals surface area contributed by atoms with E-state index in [1.807, 2.05) is 0 Å². The second kappa shape index (κ2) is 10.7. The predicted molar refractivity (Wildman–Crippen MR) is 85.3 cm³/mol. The average Bonchev–Trinajstić information content (AvgIpc) is 2.91. The maximum atomic E-state index is 12.0. The first kappa shape index (κ1) is 19.1. The van der Waals surface area contributed by atoms with Crippen LogP contribution in [0, 0.1) is 5.92 Å². The molecule has 0 bridgehead atoms. The van der Waals surface area contributed by atoms with Crippen LogP contribution in [0.3, 0.4) is 0 Å². The summed E-state index contributed by atoms with van der Waals surface area (Å²) < 4.78 is 4.83. The third-order valence-corrected chi connectivity index (χ3v) is 4.36. The van der Waals surface area contributed by atoms with Gasteiger partial charge in [-0.3, -0.25) is 9.59 Å². The largest absolute Gasteiger partial charge is 0.465 e. The van der Waals surface area contributed by atoms with Crippen LogP contribution >= 0.6 is 0 Å². The number of aliphatic hydroxyl groups is 1. The van der Waals surface area contributed by atoms with Gasteiger partial charge in [-0.05, 0) is 12.8 Å². The number of aliphatic hydroxyl groups excluding tert-OH is 1. The van der Waals surface area contributed by atoms with Gasteiger partial charge in [0.1, 0.15) is 0 Å². The second-order valence-corrected chi connectivity index (χ2v) is 6.32. The number of carbonyl (C=O) groups excluding carboxylic acids is 2. The number of unbranched alkanes of at least 4 members (excludes halogenated alkanes) is 6. The van der Waals surface area contributed by atoms with E-state index in [4.69, 9.17) is 10.5 Å². The topological polar surface area (TPSA) is 89.6 Å². The highest BCUT2D eigenvalue weighted by molar-refractivity contribution is 5.90. The fourth-order valence-electron chi connectivity index (χ4n) is 2.87. The van der Waals surface area contributed by atoms with Crippen LogP contribution in [-0.2, 0) is 14.3 Å². The maximum Gasteiger partial charge on any atom is 0.311 e. The summed E-state index contributed by atoms with van der Waals surface area (Å²) in [6.45, 7) is 2.54. The van der Waals surface area contributed by atoms with Crippen molar-refractivity contribution >= 4 is 11.8 Å². The third-order valence-electron chi connectivity index (χ3n) is 4.36. The Morgan fingerprint density at radius 2 is 1.91 bits per heavy atom. The number of nitrogens with two attached hydrogens (primary N) is 1. The van der Waals surface area contributed by atoms with Crippen LogP contribution in [0.15, 0.2) is 0 Å². The molecule has 5 heteroatoms. The summed E-state index contributed by atoms with van der Waals surface area (Å²) in [5, 5.41) is 9.93. The first-order chi connectivity index (χ1) is 10.6. The Morgan fingerprint density at radius 1 is 1.27 bits per heavy atom. The van der Waals surface area contributed by atoms with Gasteiger partial charge in [-0.1, -0.05) is 51.9 Å². The van der Waals surface area contributed by atoms with Crippen molar-refractivity contribution in [2.45, 2.75) is 83.3 Å². The molecule has 1 heterocycles. The summed E-state index contributed by atoms with van der Waals surface area (Å²) in [4.78, 5) is 23.4. The Balaban J connectivity index is 2.12. The number of ether oxygens (including phenoxy) is 1. The average molecular weight is 313 g/mol. The van der Waals surface area contributed by atoms with Gasteiger partial charge in [0.05, 0.1) is 24.7 Å². The molecule has 0 radical (unpaired) electrons. The van der Waals surface area contributed by atoms with Crippen molar-refractivity contribution < 1.29 is 19.4 Å². The van der Waals surface area contributed by atoms with Crippen molar-refractivity contribution in [2.75, 3.05) is 6.61 Å². The third kappa shape index (κ3) is 6.88. The Bertz CT molecular complexity index is 346. The van der Waals surface area contributed by atoms with E-state index in [0.717, 1.165) is 12.8 Å². The van der Waals surface area contributed by atoms with Crippen molar-refractivity contribution in [1.29, 1.82) is 0 Å². The molecule has 1 aliphatic rings. The fourth-order valence-corrected chi connectivity index (χ4v) is 2.87. The minimum atomic E-state index is -0.835. The molecule has 3 N–H and O–H groups in total. The highest BCUT2D eigenvalue weighted by Gasteiger charge is 2.36. The molecule has 1 saturated heterocycles. The van der Waals surface area contributed by atoms with Crippen LogP contribution in [0.5, 0.6) is 0 Å². The minimum absolute atomic E-state index is 0.0424. The molecular formula is C17H31NO4. The summed E-state index contributed by atoms with van der Waals surface area (Å²) in [5.74, 6) is -1.15. The first-order valence-electron chi connectivity index (χ1n) is 8.69. The number of carbonyl (C=O) groups is 2. The zero-order valence-corrected chi connectivity index (χ0v) is 13.8. The molecule has 1 rings (SSSR count). The van der Waals surface area contributed by atoms with E-state index in [1.165, 1.54) is 32.1 Å². The first-order valence-corrected chi connectivity index (χ1v) is 8.69. The standard InChI is InChI=1S/C17H31NO4/c1-2-3-4-5-6-7-8-9-13(19)12-15(20)16(18)14-10-11-22-17(14)21/h13-14,16,19H,2-12,18H2,1H3/t13?,14-,16?/m1/s1. The van der Waals surface area contributed by atoms with Crippen molar-refractivity contribution in [3.8, 4) is 0 Å². The molecule has 0 aromatic rings. The number of hydrogen-bond acceptors (Lipinski definition) is 5. The van der Waals surface area contributed by atoms with Gasteiger partial charge in [-0.2, -0.15) is 0 Å². The maximum absolute atomic E-state index is 12.0. The van der Waals surface area contributed by atoms with Crippen molar-refractivity contribution in [2.24, 2.45) is 11.7 Å². The molecule has 2 unspecified atom stereocenters. The van der Waals surface area contributed by atoms with Gasteiger partial charge in [0.25, 0.3) is 0 Å². The molecule has 0 amide bonds. The molecule has 1 fully saturated rings. The van der Waals surface area contributed by atoms with Crippen molar-refractivity contribution in [3.05, 3.63) is 0 Å². The predicted octanol–water partition coefficient (Wildman–Crippen LogP) is 2.34. The summed E-state index contributed by atoms with van der Waals surface area (Å²) in [6.07, 6.45) is 8.80. The molecule has 0 spiro atoms. The van der Waals surface area contributed by atoms with E-state index in [0.29, 0.717) is 19.4 Å². The SMILES string of the molecule is CCCCCCCCCC(O)CC(=O)C(N)[C@H]1CCOC1=O. The summed E-state index contributed by atoms with van der Waals surface area (Å²) >= 11 is 0.